The van der Waals surface area contributed by atoms with E-state index in [1.54, 1.807) is 0 Å². The molecule has 1 aromatic rings. The fraction of sp³-hybridized carbons (Fsp3) is 0.250. The van der Waals surface area contributed by atoms with Crippen LogP contribution in [0.1, 0.15) is 5.69 Å². The van der Waals surface area contributed by atoms with Crippen molar-refractivity contribution in [3.63, 3.8) is 0 Å². The summed E-state index contributed by atoms with van der Waals surface area (Å²) in [4.78, 5) is 7.24. The van der Waals surface area contributed by atoms with Gasteiger partial charge in [0.25, 0.3) is 0 Å². The number of pyridine rings is 1. The first-order valence-corrected chi connectivity index (χ1v) is 3.66. The molecule has 3 nitrogen and oxygen atoms in total. The Kier molecular flexibility index (Phi) is 3.06. The molecular formula is C8H7F3N2O. The Labute approximate surface area is 78.3 Å². The minimum absolute atomic E-state index is 0.0484. The Morgan fingerprint density at radius 3 is 2.79 bits per heavy atom. The van der Waals surface area contributed by atoms with Crippen LogP contribution in [0.5, 0.6) is 5.75 Å². The molecular weight excluding hydrogens is 197 g/mol. The Hall–Kier alpha value is -1.59. The average molecular weight is 204 g/mol. The highest BCUT2D eigenvalue weighted by Crippen LogP contribution is 2.23. The molecule has 0 aliphatic heterocycles. The van der Waals surface area contributed by atoms with E-state index in [0.29, 0.717) is 0 Å². The molecule has 1 rings (SSSR count). The normalized spacial score (nSPS) is 12.0. The molecule has 0 saturated carbocycles. The van der Waals surface area contributed by atoms with Gasteiger partial charge >= 0.3 is 6.36 Å². The first-order chi connectivity index (χ1) is 6.53. The van der Waals surface area contributed by atoms with Crippen LogP contribution in [0.3, 0.4) is 0 Å². The summed E-state index contributed by atoms with van der Waals surface area (Å²) in [6.45, 7) is 0. The van der Waals surface area contributed by atoms with Crippen molar-refractivity contribution in [2.45, 2.75) is 6.36 Å². The molecule has 0 atom stereocenters. The second-order valence-electron chi connectivity index (χ2n) is 2.32. The van der Waals surface area contributed by atoms with Gasteiger partial charge in [-0.2, -0.15) is 0 Å². The van der Waals surface area contributed by atoms with Gasteiger partial charge in [-0.3, -0.25) is 9.98 Å². The molecule has 6 heteroatoms. The number of aliphatic imine (C=N–C) groups is 1. The molecule has 0 unspecified atom stereocenters. The highest BCUT2D eigenvalue weighted by molar-refractivity contribution is 5.80. The second kappa shape index (κ2) is 4.08. The Morgan fingerprint density at radius 2 is 2.21 bits per heavy atom. The van der Waals surface area contributed by atoms with Crippen molar-refractivity contribution in [2.75, 3.05) is 7.05 Å². The first kappa shape index (κ1) is 10.5. The predicted octanol–water partition coefficient (Wildman–Crippen LogP) is 2.03. The van der Waals surface area contributed by atoms with Gasteiger partial charge in [0.15, 0.2) is 5.75 Å². The minimum atomic E-state index is -4.71. The zero-order chi connectivity index (χ0) is 10.6. The SMILES string of the molecule is CN=Cc1ncccc1OC(F)(F)F. The Balaban J connectivity index is 2.96. The summed E-state index contributed by atoms with van der Waals surface area (Å²) >= 11 is 0. The summed E-state index contributed by atoms with van der Waals surface area (Å²) in [5, 5.41) is 0. The van der Waals surface area contributed by atoms with Gasteiger partial charge < -0.3 is 4.74 Å². The van der Waals surface area contributed by atoms with Gasteiger partial charge in [0.1, 0.15) is 5.69 Å². The summed E-state index contributed by atoms with van der Waals surface area (Å²) in [6, 6.07) is 2.53. The van der Waals surface area contributed by atoms with Gasteiger partial charge in [0.2, 0.25) is 0 Å². The summed E-state index contributed by atoms with van der Waals surface area (Å²) in [7, 11) is 1.44. The predicted molar refractivity (Wildman–Crippen MR) is 44.4 cm³/mol. The van der Waals surface area contributed by atoms with E-state index in [2.05, 4.69) is 14.7 Å². The van der Waals surface area contributed by atoms with E-state index in [1.807, 2.05) is 0 Å². The molecule has 0 saturated heterocycles. The van der Waals surface area contributed by atoms with Gasteiger partial charge in [-0.15, -0.1) is 13.2 Å². The number of halogens is 3. The summed E-state index contributed by atoms with van der Waals surface area (Å²) in [5.74, 6) is -0.356. The van der Waals surface area contributed by atoms with E-state index in [0.717, 1.165) is 0 Å². The van der Waals surface area contributed by atoms with Crippen molar-refractivity contribution in [1.82, 2.24) is 4.98 Å². The molecule has 0 N–H and O–H groups in total. The molecule has 0 aliphatic rings. The van der Waals surface area contributed by atoms with Crippen molar-refractivity contribution in [3.05, 3.63) is 24.0 Å². The fourth-order valence-electron chi connectivity index (χ4n) is 0.833. The molecule has 76 valence electrons. The summed E-state index contributed by atoms with van der Waals surface area (Å²) in [6.07, 6.45) is -2.15. The molecule has 0 aromatic carbocycles. The molecule has 1 aromatic heterocycles. The molecule has 1 heterocycles. The summed E-state index contributed by atoms with van der Waals surface area (Å²) in [5.41, 5.74) is 0.0484. The van der Waals surface area contributed by atoms with Crippen LogP contribution in [-0.2, 0) is 0 Å². The van der Waals surface area contributed by atoms with Gasteiger partial charge in [-0.05, 0) is 12.1 Å². The fourth-order valence-corrected chi connectivity index (χ4v) is 0.833. The lowest BCUT2D eigenvalue weighted by Crippen LogP contribution is -2.18. The minimum Gasteiger partial charge on any atom is -0.403 e. The van der Waals surface area contributed by atoms with E-state index in [9.17, 15) is 13.2 Å². The lowest BCUT2D eigenvalue weighted by Gasteiger charge is -2.09. The number of ether oxygens (including phenoxy) is 1. The largest absolute Gasteiger partial charge is 0.573 e. The van der Waals surface area contributed by atoms with Gasteiger partial charge in [-0.1, -0.05) is 0 Å². The van der Waals surface area contributed by atoms with E-state index in [4.69, 9.17) is 0 Å². The topological polar surface area (TPSA) is 34.5 Å². The van der Waals surface area contributed by atoms with E-state index < -0.39 is 6.36 Å². The first-order valence-electron chi connectivity index (χ1n) is 3.66. The van der Waals surface area contributed by atoms with Crippen LogP contribution < -0.4 is 4.74 Å². The van der Waals surface area contributed by atoms with Crippen LogP contribution in [0, 0.1) is 0 Å². The highest BCUT2D eigenvalue weighted by atomic mass is 19.4. The van der Waals surface area contributed by atoms with Crippen molar-refractivity contribution < 1.29 is 17.9 Å². The third-order valence-corrected chi connectivity index (χ3v) is 1.28. The maximum Gasteiger partial charge on any atom is 0.573 e. The van der Waals surface area contributed by atoms with Crippen molar-refractivity contribution in [3.8, 4) is 5.75 Å². The molecule has 0 bridgehead atoms. The quantitative estimate of drug-likeness (QED) is 0.691. The van der Waals surface area contributed by atoms with Crippen LogP contribution in [0.15, 0.2) is 23.3 Å². The van der Waals surface area contributed by atoms with Crippen LogP contribution in [0.25, 0.3) is 0 Å². The maximum absolute atomic E-state index is 11.9. The van der Waals surface area contributed by atoms with E-state index in [1.165, 1.54) is 31.6 Å². The van der Waals surface area contributed by atoms with Crippen LogP contribution >= 0.6 is 0 Å². The number of aromatic nitrogens is 1. The van der Waals surface area contributed by atoms with E-state index in [-0.39, 0.29) is 11.4 Å². The van der Waals surface area contributed by atoms with Gasteiger partial charge in [0.05, 0.1) is 6.21 Å². The standard InChI is InChI=1S/C8H7F3N2O/c1-12-5-6-7(3-2-4-13-6)14-8(9,10)11/h2-5H,1H3. The number of alkyl halides is 3. The number of hydrogen-bond acceptors (Lipinski definition) is 3. The third kappa shape index (κ3) is 3.04. The molecule has 14 heavy (non-hydrogen) atoms. The average Bonchev–Trinajstić information content (AvgIpc) is 2.06. The number of nitrogens with zero attached hydrogens (tertiary/aromatic N) is 2. The van der Waals surface area contributed by atoms with Crippen LogP contribution in [0.4, 0.5) is 13.2 Å². The lowest BCUT2D eigenvalue weighted by atomic mass is 10.3. The third-order valence-electron chi connectivity index (χ3n) is 1.28. The smallest absolute Gasteiger partial charge is 0.403 e. The van der Waals surface area contributed by atoms with E-state index >= 15 is 0 Å². The molecule has 0 radical (unpaired) electrons. The summed E-state index contributed by atoms with van der Waals surface area (Å²) < 4.78 is 39.3. The van der Waals surface area contributed by atoms with Gasteiger partial charge in [-0.25, -0.2) is 0 Å². The maximum atomic E-state index is 11.9. The Bertz CT molecular complexity index is 336. The monoisotopic (exact) mass is 204 g/mol. The zero-order valence-electron chi connectivity index (χ0n) is 7.25. The zero-order valence-corrected chi connectivity index (χ0v) is 7.25. The van der Waals surface area contributed by atoms with Crippen LogP contribution in [-0.4, -0.2) is 24.6 Å². The second-order valence-corrected chi connectivity index (χ2v) is 2.32. The number of hydrogen-bond donors (Lipinski definition) is 0. The number of rotatable bonds is 2. The lowest BCUT2D eigenvalue weighted by molar-refractivity contribution is -0.274. The molecule has 0 spiro atoms. The van der Waals surface area contributed by atoms with Crippen LogP contribution in [0.2, 0.25) is 0 Å². The molecule has 0 fully saturated rings. The van der Waals surface area contributed by atoms with Crippen molar-refractivity contribution >= 4 is 6.21 Å². The molecule has 0 aliphatic carbocycles. The van der Waals surface area contributed by atoms with Crippen molar-refractivity contribution in [2.24, 2.45) is 4.99 Å². The van der Waals surface area contributed by atoms with Crippen molar-refractivity contribution in [1.29, 1.82) is 0 Å². The Morgan fingerprint density at radius 1 is 1.50 bits per heavy atom. The van der Waals surface area contributed by atoms with Gasteiger partial charge in [0, 0.05) is 13.2 Å². The highest BCUT2D eigenvalue weighted by Gasteiger charge is 2.32. The molecule has 0 amide bonds.